The first kappa shape index (κ1) is 23.5. The number of aryl methyl sites for hydroxylation is 1. The minimum absolute atomic E-state index is 0.0299. The zero-order valence-corrected chi connectivity index (χ0v) is 19.6. The molecule has 8 heteroatoms. The van der Waals surface area contributed by atoms with Crippen LogP contribution in [0.15, 0.2) is 24.3 Å². The third-order valence-corrected chi connectivity index (χ3v) is 5.89. The van der Waals surface area contributed by atoms with E-state index in [0.29, 0.717) is 24.7 Å². The molecule has 0 unspecified atom stereocenters. The summed E-state index contributed by atoms with van der Waals surface area (Å²) >= 11 is 0. The maximum Gasteiger partial charge on any atom is 0.227 e. The van der Waals surface area contributed by atoms with Gasteiger partial charge < -0.3 is 19.9 Å². The second-order valence-corrected chi connectivity index (χ2v) is 8.32. The predicted octanol–water partition coefficient (Wildman–Crippen LogP) is 3.11. The highest BCUT2D eigenvalue weighted by Crippen LogP contribution is 2.31. The number of carbonyl (C=O) groups excluding carboxylic acids is 2. The van der Waals surface area contributed by atoms with Gasteiger partial charge in [-0.2, -0.15) is 0 Å². The first-order valence-electron chi connectivity index (χ1n) is 11.0. The maximum atomic E-state index is 13.4. The van der Waals surface area contributed by atoms with Crippen LogP contribution in [-0.4, -0.2) is 59.3 Å². The number of ether oxygens (including phenoxy) is 1. The number of hydrogen-bond acceptors (Lipinski definition) is 6. The predicted molar refractivity (Wildman–Crippen MR) is 123 cm³/mol. The molecule has 3 rings (SSSR count). The molecule has 2 amide bonds. The van der Waals surface area contributed by atoms with E-state index >= 15 is 0 Å². The highest BCUT2D eigenvalue weighted by Gasteiger charge is 2.31. The third-order valence-electron chi connectivity index (χ3n) is 5.89. The largest absolute Gasteiger partial charge is 0.496 e. The second-order valence-electron chi connectivity index (χ2n) is 8.32. The summed E-state index contributed by atoms with van der Waals surface area (Å²) < 4.78 is 5.47. The quantitative estimate of drug-likeness (QED) is 0.713. The Bertz CT molecular complexity index is 978. The minimum Gasteiger partial charge on any atom is -0.496 e. The SMILES string of the molecule is CNc1cc(CN(C)C(C)=O)nc([C@H]2CCCCN2C(=O)Cc2cc(C)ccc2OC)n1. The van der Waals surface area contributed by atoms with Crippen molar-refractivity contribution in [1.29, 1.82) is 0 Å². The lowest BCUT2D eigenvalue weighted by Crippen LogP contribution is -2.40. The van der Waals surface area contributed by atoms with E-state index in [1.54, 1.807) is 26.1 Å². The normalized spacial score (nSPS) is 15.9. The summed E-state index contributed by atoms with van der Waals surface area (Å²) in [7, 11) is 5.17. The van der Waals surface area contributed by atoms with E-state index in [2.05, 4.69) is 10.3 Å². The zero-order chi connectivity index (χ0) is 23.3. The lowest BCUT2D eigenvalue weighted by atomic mass is 9.99. The fourth-order valence-corrected chi connectivity index (χ4v) is 4.04. The van der Waals surface area contributed by atoms with E-state index < -0.39 is 0 Å². The fourth-order valence-electron chi connectivity index (χ4n) is 4.04. The van der Waals surface area contributed by atoms with Gasteiger partial charge in [-0.3, -0.25) is 9.59 Å². The Balaban J connectivity index is 1.88. The number of rotatable bonds is 7. The summed E-state index contributed by atoms with van der Waals surface area (Å²) in [4.78, 5) is 38.0. The van der Waals surface area contributed by atoms with Crippen LogP contribution in [0.5, 0.6) is 5.75 Å². The molecule has 1 saturated heterocycles. The molecule has 2 heterocycles. The highest BCUT2D eigenvalue weighted by atomic mass is 16.5. The Morgan fingerprint density at radius 3 is 2.72 bits per heavy atom. The molecule has 1 aliphatic heterocycles. The Hall–Kier alpha value is -3.16. The van der Waals surface area contributed by atoms with Crippen molar-refractivity contribution in [2.75, 3.05) is 33.1 Å². The van der Waals surface area contributed by atoms with Crippen LogP contribution in [0.4, 0.5) is 5.82 Å². The minimum atomic E-state index is -0.193. The fraction of sp³-hybridized carbons (Fsp3) is 0.500. The summed E-state index contributed by atoms with van der Waals surface area (Å²) in [6.07, 6.45) is 3.05. The molecular formula is C24H33N5O3. The molecule has 0 bridgehead atoms. The van der Waals surface area contributed by atoms with E-state index in [1.807, 2.05) is 36.1 Å². The molecule has 8 nitrogen and oxygen atoms in total. The molecule has 172 valence electrons. The number of likely N-dealkylation sites (tertiary alicyclic amines) is 1. The number of nitrogens with one attached hydrogen (secondary N) is 1. The number of nitrogens with zero attached hydrogens (tertiary/aromatic N) is 4. The van der Waals surface area contributed by atoms with Crippen LogP contribution in [0.2, 0.25) is 0 Å². The van der Waals surface area contributed by atoms with Crippen molar-refractivity contribution in [1.82, 2.24) is 19.8 Å². The van der Waals surface area contributed by atoms with Crippen molar-refractivity contribution in [3.8, 4) is 5.75 Å². The standard InChI is InChI=1S/C24H33N5O3/c1-16-9-10-21(32-5)18(12-16)13-23(31)29-11-7-6-8-20(29)24-26-19(14-22(25-3)27-24)15-28(4)17(2)30/h9-10,12,14,20H,6-8,11,13,15H2,1-5H3,(H,25,26,27)/t20-/m1/s1. The summed E-state index contributed by atoms with van der Waals surface area (Å²) in [6.45, 7) is 4.60. The Morgan fingerprint density at radius 2 is 2.03 bits per heavy atom. The molecular weight excluding hydrogens is 406 g/mol. The molecule has 32 heavy (non-hydrogen) atoms. The number of methoxy groups -OCH3 is 1. The van der Waals surface area contributed by atoms with Gasteiger partial charge in [0.15, 0.2) is 5.82 Å². The topological polar surface area (TPSA) is 87.7 Å². The number of carbonyl (C=O) groups is 2. The molecule has 0 spiro atoms. The van der Waals surface area contributed by atoms with Gasteiger partial charge in [0, 0.05) is 39.2 Å². The van der Waals surface area contributed by atoms with Crippen molar-refractivity contribution < 1.29 is 14.3 Å². The van der Waals surface area contributed by atoms with E-state index in [1.165, 1.54) is 6.92 Å². The Labute approximate surface area is 190 Å². The Kier molecular flexibility index (Phi) is 7.66. The van der Waals surface area contributed by atoms with Gasteiger partial charge in [0.05, 0.1) is 31.8 Å². The monoisotopic (exact) mass is 439 g/mol. The van der Waals surface area contributed by atoms with Gasteiger partial charge in [-0.25, -0.2) is 9.97 Å². The summed E-state index contributed by atoms with van der Waals surface area (Å²) in [5.74, 6) is 2.03. The second kappa shape index (κ2) is 10.4. The van der Waals surface area contributed by atoms with Gasteiger partial charge >= 0.3 is 0 Å². The molecule has 1 atom stereocenters. The molecule has 1 aromatic carbocycles. The number of aromatic nitrogens is 2. The molecule has 1 aromatic heterocycles. The summed E-state index contributed by atoms with van der Waals surface area (Å²) in [6, 6.07) is 7.54. The molecule has 0 radical (unpaired) electrons. The van der Waals surface area contributed by atoms with Crippen LogP contribution in [0.3, 0.4) is 0 Å². The highest BCUT2D eigenvalue weighted by molar-refractivity contribution is 5.80. The molecule has 2 aromatic rings. The molecule has 1 N–H and O–H groups in total. The van der Waals surface area contributed by atoms with Crippen LogP contribution in [-0.2, 0) is 22.6 Å². The van der Waals surface area contributed by atoms with Crippen LogP contribution < -0.4 is 10.1 Å². The van der Waals surface area contributed by atoms with E-state index in [9.17, 15) is 9.59 Å². The van der Waals surface area contributed by atoms with E-state index in [4.69, 9.17) is 9.72 Å². The van der Waals surface area contributed by atoms with Crippen molar-refractivity contribution in [2.45, 2.75) is 52.1 Å². The number of piperidine rings is 1. The molecule has 0 aliphatic carbocycles. The summed E-state index contributed by atoms with van der Waals surface area (Å²) in [5, 5.41) is 3.08. The number of hydrogen-bond donors (Lipinski definition) is 1. The molecule has 1 aliphatic rings. The van der Waals surface area contributed by atoms with Crippen LogP contribution >= 0.6 is 0 Å². The van der Waals surface area contributed by atoms with Gasteiger partial charge in [-0.05, 0) is 32.3 Å². The first-order chi connectivity index (χ1) is 15.3. The number of amides is 2. The smallest absolute Gasteiger partial charge is 0.227 e. The van der Waals surface area contributed by atoms with Crippen molar-refractivity contribution in [3.05, 3.63) is 46.9 Å². The molecule has 1 fully saturated rings. The van der Waals surface area contributed by atoms with Crippen molar-refractivity contribution in [2.24, 2.45) is 0 Å². The van der Waals surface area contributed by atoms with Crippen LogP contribution in [0, 0.1) is 6.92 Å². The van der Waals surface area contributed by atoms with E-state index in [-0.39, 0.29) is 24.3 Å². The average molecular weight is 440 g/mol. The zero-order valence-electron chi connectivity index (χ0n) is 19.6. The van der Waals surface area contributed by atoms with Crippen LogP contribution in [0.1, 0.15) is 54.9 Å². The van der Waals surface area contributed by atoms with Gasteiger partial charge in [0.25, 0.3) is 0 Å². The van der Waals surface area contributed by atoms with Gasteiger partial charge in [0.1, 0.15) is 11.6 Å². The first-order valence-corrected chi connectivity index (χ1v) is 11.0. The lowest BCUT2D eigenvalue weighted by molar-refractivity contribution is -0.134. The van der Waals surface area contributed by atoms with Crippen LogP contribution in [0.25, 0.3) is 0 Å². The van der Waals surface area contributed by atoms with E-state index in [0.717, 1.165) is 41.8 Å². The van der Waals surface area contributed by atoms with Gasteiger partial charge in [0.2, 0.25) is 11.8 Å². The number of benzene rings is 1. The number of anilines is 1. The van der Waals surface area contributed by atoms with Gasteiger partial charge in [-0.15, -0.1) is 0 Å². The lowest BCUT2D eigenvalue weighted by Gasteiger charge is -2.35. The van der Waals surface area contributed by atoms with Crippen molar-refractivity contribution >= 4 is 17.6 Å². The summed E-state index contributed by atoms with van der Waals surface area (Å²) in [5.41, 5.74) is 2.72. The third kappa shape index (κ3) is 5.55. The average Bonchev–Trinajstić information content (AvgIpc) is 2.78. The Morgan fingerprint density at radius 1 is 1.25 bits per heavy atom. The van der Waals surface area contributed by atoms with Gasteiger partial charge in [-0.1, -0.05) is 17.7 Å². The van der Waals surface area contributed by atoms with Crippen molar-refractivity contribution in [3.63, 3.8) is 0 Å². The molecule has 0 saturated carbocycles. The maximum absolute atomic E-state index is 13.4.